The Morgan fingerprint density at radius 3 is 2.73 bits per heavy atom. The van der Waals surface area contributed by atoms with Gasteiger partial charge in [0.05, 0.1) is 11.8 Å². The Labute approximate surface area is 89.5 Å². The number of hydrogen-bond donors (Lipinski definition) is 3. The molecule has 1 rings (SSSR count). The highest BCUT2D eigenvalue weighted by Crippen LogP contribution is 2.19. The lowest BCUT2D eigenvalue weighted by Gasteiger charge is -2.14. The molecule has 4 N–H and O–H groups in total. The second-order valence-electron chi connectivity index (χ2n) is 3.68. The van der Waals surface area contributed by atoms with E-state index in [1.165, 1.54) is 0 Å². The SMILES string of the molecule is CCCn1cc(C(O)C(O)CN)c(C)n1. The summed E-state index contributed by atoms with van der Waals surface area (Å²) in [6.07, 6.45) is 0.877. The highest BCUT2D eigenvalue weighted by molar-refractivity contribution is 5.19. The molecule has 0 radical (unpaired) electrons. The van der Waals surface area contributed by atoms with E-state index in [4.69, 9.17) is 5.73 Å². The van der Waals surface area contributed by atoms with Crippen LogP contribution >= 0.6 is 0 Å². The third-order valence-corrected chi connectivity index (χ3v) is 2.36. The molecule has 0 saturated heterocycles. The predicted molar refractivity (Wildman–Crippen MR) is 57.3 cm³/mol. The van der Waals surface area contributed by atoms with Crippen LogP contribution in [0.1, 0.15) is 30.7 Å². The van der Waals surface area contributed by atoms with Crippen LogP contribution in [0.4, 0.5) is 0 Å². The third-order valence-electron chi connectivity index (χ3n) is 2.36. The fraction of sp³-hybridized carbons (Fsp3) is 0.700. The molecular formula is C10H19N3O2. The van der Waals surface area contributed by atoms with Gasteiger partial charge in [-0.05, 0) is 13.3 Å². The lowest BCUT2D eigenvalue weighted by Crippen LogP contribution is -2.27. The standard InChI is InChI=1S/C10H19N3O2/c1-3-4-13-6-8(7(2)12-13)10(15)9(14)5-11/h6,9-10,14-15H,3-5,11H2,1-2H3. The smallest absolute Gasteiger partial charge is 0.109 e. The molecule has 0 saturated carbocycles. The van der Waals surface area contributed by atoms with Crippen LogP contribution in [0.2, 0.25) is 0 Å². The molecule has 0 aromatic carbocycles. The summed E-state index contributed by atoms with van der Waals surface area (Å²) in [5.74, 6) is 0. The molecule has 5 nitrogen and oxygen atoms in total. The van der Waals surface area contributed by atoms with Crippen LogP contribution in [0.5, 0.6) is 0 Å². The maximum atomic E-state index is 9.77. The number of nitrogens with zero attached hydrogens (tertiary/aromatic N) is 2. The number of rotatable bonds is 5. The summed E-state index contributed by atoms with van der Waals surface area (Å²) in [6, 6.07) is 0. The third kappa shape index (κ3) is 2.77. The highest BCUT2D eigenvalue weighted by atomic mass is 16.3. The Bertz CT molecular complexity index is 312. The van der Waals surface area contributed by atoms with Crippen LogP contribution in [0, 0.1) is 6.92 Å². The van der Waals surface area contributed by atoms with Gasteiger partial charge in [-0.25, -0.2) is 0 Å². The fourth-order valence-corrected chi connectivity index (χ4v) is 1.50. The van der Waals surface area contributed by atoms with Crippen molar-refractivity contribution in [2.75, 3.05) is 6.54 Å². The Hall–Kier alpha value is -0.910. The zero-order valence-corrected chi connectivity index (χ0v) is 9.22. The molecule has 2 atom stereocenters. The monoisotopic (exact) mass is 213 g/mol. The van der Waals surface area contributed by atoms with Gasteiger partial charge in [0.2, 0.25) is 0 Å². The zero-order valence-electron chi connectivity index (χ0n) is 9.22. The van der Waals surface area contributed by atoms with Crippen molar-refractivity contribution in [3.05, 3.63) is 17.5 Å². The van der Waals surface area contributed by atoms with E-state index in [9.17, 15) is 10.2 Å². The zero-order chi connectivity index (χ0) is 11.4. The first kappa shape index (κ1) is 12.2. The van der Waals surface area contributed by atoms with E-state index in [2.05, 4.69) is 12.0 Å². The molecule has 1 aromatic rings. The molecule has 0 aliphatic heterocycles. The van der Waals surface area contributed by atoms with E-state index in [1.807, 2.05) is 6.92 Å². The van der Waals surface area contributed by atoms with Gasteiger partial charge in [-0.1, -0.05) is 6.92 Å². The average Bonchev–Trinajstić information content (AvgIpc) is 2.58. The summed E-state index contributed by atoms with van der Waals surface area (Å²) in [6.45, 7) is 4.72. The topological polar surface area (TPSA) is 84.3 Å². The van der Waals surface area contributed by atoms with Gasteiger partial charge in [0.1, 0.15) is 6.10 Å². The minimum Gasteiger partial charge on any atom is -0.389 e. The van der Waals surface area contributed by atoms with Crippen molar-refractivity contribution in [1.29, 1.82) is 0 Å². The van der Waals surface area contributed by atoms with E-state index < -0.39 is 12.2 Å². The Morgan fingerprint density at radius 2 is 2.20 bits per heavy atom. The summed E-state index contributed by atoms with van der Waals surface area (Å²) in [4.78, 5) is 0. The Kier molecular flexibility index (Phi) is 4.26. The lowest BCUT2D eigenvalue weighted by atomic mass is 10.1. The van der Waals surface area contributed by atoms with Crippen LogP contribution in [0.15, 0.2) is 6.20 Å². The van der Waals surface area contributed by atoms with Crippen molar-refractivity contribution in [1.82, 2.24) is 9.78 Å². The number of aliphatic hydroxyl groups excluding tert-OH is 2. The van der Waals surface area contributed by atoms with Crippen molar-refractivity contribution in [2.24, 2.45) is 5.73 Å². The number of nitrogens with two attached hydrogens (primary N) is 1. The molecule has 86 valence electrons. The van der Waals surface area contributed by atoms with E-state index in [0.717, 1.165) is 18.7 Å². The van der Waals surface area contributed by atoms with Gasteiger partial charge >= 0.3 is 0 Å². The van der Waals surface area contributed by atoms with Crippen LogP contribution < -0.4 is 5.73 Å². The van der Waals surface area contributed by atoms with Crippen molar-refractivity contribution < 1.29 is 10.2 Å². The van der Waals surface area contributed by atoms with Crippen LogP contribution in [0.3, 0.4) is 0 Å². The van der Waals surface area contributed by atoms with Crippen molar-refractivity contribution in [2.45, 2.75) is 39.0 Å². The predicted octanol–water partition coefficient (Wildman–Crippen LogP) is -0.0455. The molecule has 5 heteroatoms. The van der Waals surface area contributed by atoms with Crippen LogP contribution in [-0.4, -0.2) is 32.6 Å². The van der Waals surface area contributed by atoms with Gasteiger partial charge < -0.3 is 15.9 Å². The van der Waals surface area contributed by atoms with E-state index in [-0.39, 0.29) is 6.54 Å². The minimum absolute atomic E-state index is 0.0412. The van der Waals surface area contributed by atoms with E-state index in [0.29, 0.717) is 5.56 Å². The molecule has 0 spiro atoms. The van der Waals surface area contributed by atoms with Gasteiger partial charge in [0.15, 0.2) is 0 Å². The minimum atomic E-state index is -0.944. The average molecular weight is 213 g/mol. The lowest BCUT2D eigenvalue weighted by molar-refractivity contribution is 0.0239. The molecule has 15 heavy (non-hydrogen) atoms. The molecule has 1 aromatic heterocycles. The van der Waals surface area contributed by atoms with Gasteiger partial charge in [0, 0.05) is 24.8 Å². The van der Waals surface area contributed by atoms with Crippen molar-refractivity contribution >= 4 is 0 Å². The summed E-state index contributed by atoms with van der Waals surface area (Å²) >= 11 is 0. The largest absolute Gasteiger partial charge is 0.389 e. The van der Waals surface area contributed by atoms with Crippen LogP contribution in [0.25, 0.3) is 0 Å². The molecule has 2 unspecified atom stereocenters. The molecule has 0 bridgehead atoms. The molecular weight excluding hydrogens is 194 g/mol. The van der Waals surface area contributed by atoms with Gasteiger partial charge in [-0.3, -0.25) is 4.68 Å². The van der Waals surface area contributed by atoms with Gasteiger partial charge in [-0.2, -0.15) is 5.10 Å². The maximum absolute atomic E-state index is 9.77. The van der Waals surface area contributed by atoms with Crippen molar-refractivity contribution in [3.8, 4) is 0 Å². The molecule has 1 heterocycles. The number of aliphatic hydroxyl groups is 2. The fourth-order valence-electron chi connectivity index (χ4n) is 1.50. The summed E-state index contributed by atoms with van der Waals surface area (Å²) in [5.41, 5.74) is 6.68. The van der Waals surface area contributed by atoms with Crippen LogP contribution in [-0.2, 0) is 6.54 Å². The first-order valence-corrected chi connectivity index (χ1v) is 5.20. The second kappa shape index (κ2) is 5.25. The van der Waals surface area contributed by atoms with Gasteiger partial charge in [-0.15, -0.1) is 0 Å². The van der Waals surface area contributed by atoms with Crippen molar-refractivity contribution in [3.63, 3.8) is 0 Å². The molecule has 0 aliphatic rings. The number of aryl methyl sites for hydroxylation is 2. The summed E-state index contributed by atoms with van der Waals surface area (Å²) in [5, 5.41) is 23.4. The first-order valence-electron chi connectivity index (χ1n) is 5.20. The Morgan fingerprint density at radius 1 is 1.53 bits per heavy atom. The molecule has 0 fully saturated rings. The summed E-state index contributed by atoms with van der Waals surface area (Å²) in [7, 11) is 0. The number of hydrogen-bond acceptors (Lipinski definition) is 4. The molecule has 0 aliphatic carbocycles. The summed E-state index contributed by atoms with van der Waals surface area (Å²) < 4.78 is 1.77. The normalized spacial score (nSPS) is 15.3. The highest BCUT2D eigenvalue weighted by Gasteiger charge is 2.20. The Balaban J connectivity index is 2.84. The first-order chi connectivity index (χ1) is 7.10. The molecule has 0 amide bonds. The maximum Gasteiger partial charge on any atom is 0.109 e. The quantitative estimate of drug-likeness (QED) is 0.640. The number of aromatic nitrogens is 2. The van der Waals surface area contributed by atoms with E-state index in [1.54, 1.807) is 10.9 Å². The second-order valence-corrected chi connectivity index (χ2v) is 3.68. The van der Waals surface area contributed by atoms with E-state index >= 15 is 0 Å². The van der Waals surface area contributed by atoms with Gasteiger partial charge in [0.25, 0.3) is 0 Å².